The molecule has 1 aromatic heterocycles. The zero-order valence-corrected chi connectivity index (χ0v) is 8.92. The van der Waals surface area contributed by atoms with Crippen LogP contribution in [-0.2, 0) is 0 Å². The molecule has 0 saturated carbocycles. The molecule has 6 nitrogen and oxygen atoms in total. The predicted octanol–water partition coefficient (Wildman–Crippen LogP) is 1.26. The third kappa shape index (κ3) is 2.11. The lowest BCUT2D eigenvalue weighted by Crippen LogP contribution is -2.23. The fourth-order valence-corrected chi connectivity index (χ4v) is 1.43. The van der Waals surface area contributed by atoms with Crippen molar-refractivity contribution in [2.24, 2.45) is 0 Å². The van der Waals surface area contributed by atoms with Gasteiger partial charge in [0.25, 0.3) is 6.01 Å². The number of oxazole rings is 1. The standard InChI is InChI=1S/C11H9N5O/c12-3-5-16(6-4-13)11-15-9-7-8(14)1-2-10(9)17-11/h1-2,7H,5-6,14H2. The molecule has 1 heterocycles. The number of aromatic nitrogens is 1. The number of anilines is 2. The first-order valence-corrected chi connectivity index (χ1v) is 4.89. The molecule has 1 aromatic carbocycles. The van der Waals surface area contributed by atoms with Gasteiger partial charge in [0.1, 0.15) is 18.6 Å². The normalized spacial score (nSPS) is 9.76. The lowest BCUT2D eigenvalue weighted by molar-refractivity contribution is 0.586. The summed E-state index contributed by atoms with van der Waals surface area (Å²) in [6.07, 6.45) is 0. The molecule has 0 fully saturated rings. The van der Waals surface area contributed by atoms with Crippen molar-refractivity contribution >= 4 is 22.8 Å². The Morgan fingerprint density at radius 3 is 2.65 bits per heavy atom. The number of nitrogens with two attached hydrogens (primary N) is 1. The van der Waals surface area contributed by atoms with E-state index in [1.54, 1.807) is 18.2 Å². The van der Waals surface area contributed by atoms with Crippen LogP contribution in [0.4, 0.5) is 11.7 Å². The third-order valence-electron chi connectivity index (χ3n) is 2.19. The van der Waals surface area contributed by atoms with Crippen molar-refractivity contribution < 1.29 is 4.42 Å². The molecule has 0 spiro atoms. The van der Waals surface area contributed by atoms with Gasteiger partial charge in [-0.05, 0) is 18.2 Å². The Kier molecular flexibility index (Phi) is 2.80. The monoisotopic (exact) mass is 227 g/mol. The quantitative estimate of drug-likeness (QED) is 0.625. The van der Waals surface area contributed by atoms with E-state index >= 15 is 0 Å². The summed E-state index contributed by atoms with van der Waals surface area (Å²) in [6.45, 7) is 0.103. The van der Waals surface area contributed by atoms with Crippen molar-refractivity contribution in [3.63, 3.8) is 0 Å². The van der Waals surface area contributed by atoms with Crippen LogP contribution in [0.2, 0.25) is 0 Å². The lowest BCUT2D eigenvalue weighted by atomic mass is 10.3. The Bertz CT molecular complexity index is 603. The molecule has 0 aliphatic heterocycles. The summed E-state index contributed by atoms with van der Waals surface area (Å²) in [4.78, 5) is 5.64. The van der Waals surface area contributed by atoms with Crippen molar-refractivity contribution in [1.29, 1.82) is 10.5 Å². The number of nitrogens with zero attached hydrogens (tertiary/aromatic N) is 4. The van der Waals surface area contributed by atoms with Crippen LogP contribution in [0.25, 0.3) is 11.1 Å². The molecule has 0 radical (unpaired) electrons. The second kappa shape index (κ2) is 4.42. The lowest BCUT2D eigenvalue weighted by Gasteiger charge is -2.11. The number of nitriles is 2. The van der Waals surface area contributed by atoms with Gasteiger partial charge in [-0.25, -0.2) is 0 Å². The van der Waals surface area contributed by atoms with Crippen LogP contribution in [0.1, 0.15) is 0 Å². The van der Waals surface area contributed by atoms with Gasteiger partial charge in [0.05, 0.1) is 12.1 Å². The van der Waals surface area contributed by atoms with E-state index in [1.807, 2.05) is 12.1 Å². The average Bonchev–Trinajstić information content (AvgIpc) is 2.71. The molecular weight excluding hydrogens is 218 g/mol. The summed E-state index contributed by atoms with van der Waals surface area (Å²) in [6, 6.07) is 9.26. The van der Waals surface area contributed by atoms with Crippen molar-refractivity contribution in [3.05, 3.63) is 18.2 Å². The van der Waals surface area contributed by atoms with E-state index in [-0.39, 0.29) is 19.1 Å². The van der Waals surface area contributed by atoms with Crippen LogP contribution in [0.5, 0.6) is 0 Å². The maximum Gasteiger partial charge on any atom is 0.300 e. The van der Waals surface area contributed by atoms with E-state index in [9.17, 15) is 0 Å². The molecule has 0 atom stereocenters. The van der Waals surface area contributed by atoms with Gasteiger partial charge in [-0.15, -0.1) is 0 Å². The van der Waals surface area contributed by atoms with Crippen LogP contribution in [0.3, 0.4) is 0 Å². The molecule has 6 heteroatoms. The second-order valence-corrected chi connectivity index (χ2v) is 3.40. The van der Waals surface area contributed by atoms with Gasteiger partial charge in [-0.2, -0.15) is 15.5 Å². The number of nitrogen functional groups attached to an aromatic ring is 1. The van der Waals surface area contributed by atoms with Gasteiger partial charge in [-0.1, -0.05) is 0 Å². The largest absolute Gasteiger partial charge is 0.423 e. The minimum Gasteiger partial charge on any atom is -0.423 e. The molecule has 2 aromatic rings. The van der Waals surface area contributed by atoms with Crippen LogP contribution < -0.4 is 10.6 Å². The van der Waals surface area contributed by atoms with E-state index in [1.165, 1.54) is 4.90 Å². The Hall–Kier alpha value is -2.73. The highest BCUT2D eigenvalue weighted by Crippen LogP contribution is 2.23. The van der Waals surface area contributed by atoms with E-state index in [0.717, 1.165) is 0 Å². The van der Waals surface area contributed by atoms with E-state index < -0.39 is 0 Å². The third-order valence-corrected chi connectivity index (χ3v) is 2.19. The van der Waals surface area contributed by atoms with E-state index in [4.69, 9.17) is 20.7 Å². The Labute approximate surface area is 97.5 Å². The smallest absolute Gasteiger partial charge is 0.300 e. The summed E-state index contributed by atoms with van der Waals surface area (Å²) in [5.41, 5.74) is 7.40. The highest BCUT2D eigenvalue weighted by molar-refractivity contribution is 5.78. The predicted molar refractivity (Wildman–Crippen MR) is 61.9 cm³/mol. The van der Waals surface area contributed by atoms with Gasteiger partial charge in [0.2, 0.25) is 0 Å². The maximum atomic E-state index is 8.65. The van der Waals surface area contributed by atoms with Gasteiger partial charge >= 0.3 is 0 Å². The Morgan fingerprint density at radius 1 is 1.29 bits per heavy atom. The van der Waals surface area contributed by atoms with Crippen molar-refractivity contribution in [3.8, 4) is 12.1 Å². The zero-order valence-electron chi connectivity index (χ0n) is 8.92. The van der Waals surface area contributed by atoms with Crippen LogP contribution in [0.15, 0.2) is 22.6 Å². The summed E-state index contributed by atoms with van der Waals surface area (Å²) >= 11 is 0. The molecule has 17 heavy (non-hydrogen) atoms. The Morgan fingerprint density at radius 2 is 2.00 bits per heavy atom. The minimum absolute atomic E-state index is 0.0515. The van der Waals surface area contributed by atoms with Crippen LogP contribution in [0, 0.1) is 22.7 Å². The van der Waals surface area contributed by atoms with Crippen LogP contribution >= 0.6 is 0 Å². The number of fused-ring (bicyclic) bond motifs is 1. The topological polar surface area (TPSA) is 103 Å². The highest BCUT2D eigenvalue weighted by atomic mass is 16.4. The van der Waals surface area contributed by atoms with Gasteiger partial charge in [0, 0.05) is 5.69 Å². The number of hydrogen-bond donors (Lipinski definition) is 1. The number of hydrogen-bond acceptors (Lipinski definition) is 6. The molecular formula is C11H9N5O. The maximum absolute atomic E-state index is 8.65. The number of rotatable bonds is 3. The van der Waals surface area contributed by atoms with Gasteiger partial charge in [0.15, 0.2) is 5.58 Å². The minimum atomic E-state index is 0.0515. The summed E-state index contributed by atoms with van der Waals surface area (Å²) in [7, 11) is 0. The average molecular weight is 227 g/mol. The fraction of sp³-hybridized carbons (Fsp3) is 0.182. The van der Waals surface area contributed by atoms with E-state index in [2.05, 4.69) is 4.98 Å². The first kappa shape index (κ1) is 10.8. The molecule has 0 aliphatic rings. The van der Waals surface area contributed by atoms with Crippen molar-refractivity contribution in [1.82, 2.24) is 4.98 Å². The summed E-state index contributed by atoms with van der Waals surface area (Å²) in [5.74, 6) is 0. The van der Waals surface area contributed by atoms with Gasteiger partial charge < -0.3 is 10.2 Å². The van der Waals surface area contributed by atoms with E-state index in [0.29, 0.717) is 16.8 Å². The second-order valence-electron chi connectivity index (χ2n) is 3.40. The van der Waals surface area contributed by atoms with Crippen LogP contribution in [-0.4, -0.2) is 18.1 Å². The highest BCUT2D eigenvalue weighted by Gasteiger charge is 2.13. The molecule has 0 aliphatic carbocycles. The van der Waals surface area contributed by atoms with Crippen molar-refractivity contribution in [2.45, 2.75) is 0 Å². The zero-order chi connectivity index (χ0) is 12.3. The Balaban J connectivity index is 2.41. The molecule has 0 saturated heterocycles. The van der Waals surface area contributed by atoms with Gasteiger partial charge in [-0.3, -0.25) is 4.90 Å². The molecule has 0 amide bonds. The molecule has 2 rings (SSSR count). The molecule has 2 N–H and O–H groups in total. The SMILES string of the molecule is N#CCN(CC#N)c1nc2cc(N)ccc2o1. The summed E-state index contributed by atoms with van der Waals surface area (Å²) < 4.78 is 5.45. The fourth-order valence-electron chi connectivity index (χ4n) is 1.43. The summed E-state index contributed by atoms with van der Waals surface area (Å²) in [5, 5.41) is 17.3. The molecule has 0 bridgehead atoms. The first-order chi connectivity index (χ1) is 8.24. The van der Waals surface area contributed by atoms with Crippen molar-refractivity contribution in [2.75, 3.05) is 23.7 Å². The molecule has 84 valence electrons. The first-order valence-electron chi connectivity index (χ1n) is 4.89. The number of benzene rings is 1. The molecule has 0 unspecified atom stereocenters.